The van der Waals surface area contributed by atoms with Crippen molar-refractivity contribution in [1.29, 1.82) is 0 Å². The molecule has 0 unspecified atom stereocenters. The molecule has 0 aromatic carbocycles. The van der Waals surface area contributed by atoms with Crippen LogP contribution < -0.4 is 5.32 Å². The molecule has 1 aromatic rings. The normalized spacial score (nSPS) is 12.8. The Morgan fingerprint density at radius 2 is 2.21 bits per heavy atom. The van der Waals surface area contributed by atoms with Crippen LogP contribution in [0.3, 0.4) is 0 Å². The summed E-state index contributed by atoms with van der Waals surface area (Å²) in [6.07, 6.45) is 0.648. The van der Waals surface area contributed by atoms with Crippen molar-refractivity contribution in [3.8, 4) is 0 Å². The number of halogens is 1. The molecule has 0 bridgehead atoms. The molecule has 0 aliphatic carbocycles. The molecule has 19 heavy (non-hydrogen) atoms. The molecule has 1 rings (SSSR count). The van der Waals surface area contributed by atoms with E-state index in [0.29, 0.717) is 5.01 Å². The molecule has 1 atom stereocenters. The molecule has 1 aromatic heterocycles. The van der Waals surface area contributed by atoms with Gasteiger partial charge in [0.1, 0.15) is 10.6 Å². The topological polar surface area (TPSA) is 88.5 Å². The Balaban J connectivity index is 2.76. The van der Waals surface area contributed by atoms with Crippen molar-refractivity contribution in [2.24, 2.45) is 0 Å². The number of alkyl carbamates (subject to hydrolysis) is 1. The summed E-state index contributed by atoms with van der Waals surface area (Å²) in [7, 11) is 0. The molecule has 0 aliphatic heterocycles. The van der Waals surface area contributed by atoms with Gasteiger partial charge in [0.05, 0.1) is 22.4 Å². The van der Waals surface area contributed by atoms with E-state index >= 15 is 0 Å². The van der Waals surface area contributed by atoms with Crippen molar-refractivity contribution < 1.29 is 19.4 Å². The summed E-state index contributed by atoms with van der Waals surface area (Å²) >= 11 is 4.52. The Kier molecular flexibility index (Phi) is 5.30. The van der Waals surface area contributed by atoms with Crippen LogP contribution in [0, 0.1) is 0 Å². The Hall–Kier alpha value is -1.15. The number of ether oxygens (including phenoxy) is 1. The second kappa shape index (κ2) is 6.33. The fourth-order valence-electron chi connectivity index (χ4n) is 1.25. The van der Waals surface area contributed by atoms with Crippen LogP contribution in [0.5, 0.6) is 0 Å². The zero-order valence-corrected chi connectivity index (χ0v) is 13.2. The molecule has 1 amide bonds. The first-order valence-corrected chi connectivity index (χ1v) is 7.11. The van der Waals surface area contributed by atoms with Crippen molar-refractivity contribution in [2.45, 2.75) is 38.8 Å². The predicted octanol–water partition coefficient (Wildman–Crippen LogP) is 2.95. The lowest BCUT2D eigenvalue weighted by atomic mass is 10.2. The van der Waals surface area contributed by atoms with E-state index in [1.165, 1.54) is 11.3 Å². The summed E-state index contributed by atoms with van der Waals surface area (Å²) in [5, 5.41) is 11.9. The molecule has 1 heterocycles. The van der Waals surface area contributed by atoms with E-state index in [4.69, 9.17) is 9.84 Å². The van der Waals surface area contributed by atoms with Crippen molar-refractivity contribution >= 4 is 39.3 Å². The molecule has 0 spiro atoms. The van der Waals surface area contributed by atoms with Gasteiger partial charge in [0.15, 0.2) is 0 Å². The zero-order valence-electron chi connectivity index (χ0n) is 10.8. The fraction of sp³-hybridized carbons (Fsp3) is 0.545. The molecule has 0 saturated carbocycles. The average molecular weight is 351 g/mol. The number of hydrogen-bond acceptors (Lipinski definition) is 5. The summed E-state index contributed by atoms with van der Waals surface area (Å²) in [5.41, 5.74) is -0.638. The van der Waals surface area contributed by atoms with E-state index in [-0.39, 0.29) is 6.42 Å². The van der Waals surface area contributed by atoms with Crippen LogP contribution in [0.15, 0.2) is 9.98 Å². The summed E-state index contributed by atoms with van der Waals surface area (Å²) in [4.78, 5) is 26.6. The van der Waals surface area contributed by atoms with E-state index in [0.717, 1.165) is 3.79 Å². The maximum atomic E-state index is 11.7. The first-order chi connectivity index (χ1) is 8.67. The van der Waals surface area contributed by atoms with Gasteiger partial charge in [-0.25, -0.2) is 9.78 Å². The summed E-state index contributed by atoms with van der Waals surface area (Å²) in [6, 6.07) is -0.705. The molecule has 0 aliphatic rings. The van der Waals surface area contributed by atoms with E-state index < -0.39 is 23.7 Å². The monoisotopic (exact) mass is 350 g/mol. The van der Waals surface area contributed by atoms with E-state index in [1.54, 1.807) is 27.0 Å². The third kappa shape index (κ3) is 6.02. The fourth-order valence-corrected chi connectivity index (χ4v) is 2.55. The number of aliphatic carboxylic acids is 1. The van der Waals surface area contributed by atoms with E-state index in [9.17, 15) is 9.59 Å². The third-order valence-electron chi connectivity index (χ3n) is 1.86. The number of aromatic nitrogens is 1. The van der Waals surface area contributed by atoms with Crippen LogP contribution in [0.4, 0.5) is 4.79 Å². The van der Waals surface area contributed by atoms with Gasteiger partial charge in [-0.3, -0.25) is 4.79 Å². The largest absolute Gasteiger partial charge is 0.481 e. The third-order valence-corrected chi connectivity index (χ3v) is 3.45. The average Bonchev–Trinajstić information content (AvgIpc) is 2.60. The van der Waals surface area contributed by atoms with E-state index in [2.05, 4.69) is 26.2 Å². The number of carboxylic acids is 1. The van der Waals surface area contributed by atoms with Gasteiger partial charge < -0.3 is 15.2 Å². The van der Waals surface area contributed by atoms with Gasteiger partial charge in [0, 0.05) is 0 Å². The molecule has 106 valence electrons. The van der Waals surface area contributed by atoms with Gasteiger partial charge in [-0.05, 0) is 36.7 Å². The Bertz CT molecular complexity index is 470. The summed E-state index contributed by atoms with van der Waals surface area (Å²) in [6.45, 7) is 5.20. The minimum atomic E-state index is -1.02. The maximum absolute atomic E-state index is 11.7. The van der Waals surface area contributed by atoms with Gasteiger partial charge in [-0.2, -0.15) is 0 Å². The highest BCUT2D eigenvalue weighted by molar-refractivity contribution is 9.11. The Morgan fingerprint density at radius 1 is 1.58 bits per heavy atom. The minimum Gasteiger partial charge on any atom is -0.481 e. The number of nitrogens with one attached hydrogen (secondary N) is 1. The number of amides is 1. The van der Waals surface area contributed by atoms with Crippen molar-refractivity contribution in [3.63, 3.8) is 0 Å². The summed E-state index contributed by atoms with van der Waals surface area (Å²) in [5.74, 6) is -1.02. The molecular weight excluding hydrogens is 336 g/mol. The second-order valence-electron chi connectivity index (χ2n) is 4.80. The highest BCUT2D eigenvalue weighted by Gasteiger charge is 2.24. The maximum Gasteiger partial charge on any atom is 0.408 e. The Labute approximate surface area is 123 Å². The number of carbonyl (C=O) groups is 2. The van der Waals surface area contributed by atoms with Gasteiger partial charge in [0.2, 0.25) is 0 Å². The summed E-state index contributed by atoms with van der Waals surface area (Å²) < 4.78 is 5.87. The number of carboxylic acid groups (broad SMARTS) is 1. The highest BCUT2D eigenvalue weighted by Crippen LogP contribution is 2.26. The number of hydrogen-bond donors (Lipinski definition) is 2. The van der Waals surface area contributed by atoms with Crippen LogP contribution in [-0.4, -0.2) is 27.8 Å². The number of carbonyl (C=O) groups excluding carboxylic acids is 1. The smallest absolute Gasteiger partial charge is 0.408 e. The van der Waals surface area contributed by atoms with Crippen LogP contribution in [0.2, 0.25) is 0 Å². The first-order valence-electron chi connectivity index (χ1n) is 5.50. The molecular formula is C11H15BrN2O4S. The van der Waals surface area contributed by atoms with Gasteiger partial charge in [-0.1, -0.05) is 0 Å². The number of nitrogens with zero attached hydrogens (tertiary/aromatic N) is 1. The van der Waals surface area contributed by atoms with Crippen molar-refractivity contribution in [1.82, 2.24) is 10.3 Å². The van der Waals surface area contributed by atoms with Crippen LogP contribution in [0.1, 0.15) is 38.2 Å². The number of rotatable bonds is 4. The first kappa shape index (κ1) is 15.9. The second-order valence-corrected chi connectivity index (χ2v) is 7.24. The molecule has 0 radical (unpaired) electrons. The van der Waals surface area contributed by atoms with Crippen molar-refractivity contribution in [2.75, 3.05) is 0 Å². The van der Waals surface area contributed by atoms with Crippen LogP contribution in [0.25, 0.3) is 0 Å². The van der Waals surface area contributed by atoms with Crippen molar-refractivity contribution in [3.05, 3.63) is 15.0 Å². The minimum absolute atomic E-state index is 0.251. The zero-order chi connectivity index (χ0) is 14.6. The lowest BCUT2D eigenvalue weighted by Crippen LogP contribution is -2.35. The lowest BCUT2D eigenvalue weighted by Gasteiger charge is -2.22. The molecule has 6 nitrogen and oxygen atoms in total. The van der Waals surface area contributed by atoms with Gasteiger partial charge in [-0.15, -0.1) is 11.3 Å². The SMILES string of the molecule is CC(C)(C)OC(=O)N[C@H](CC(=O)O)c1ncc(Br)s1. The predicted molar refractivity (Wildman–Crippen MR) is 74.2 cm³/mol. The molecule has 2 N–H and O–H groups in total. The standard InChI is InChI=1S/C11H15BrN2O4S/c1-11(2,3)18-10(17)14-6(4-8(15)16)9-13-5-7(12)19-9/h5-6H,4H2,1-3H3,(H,14,17)(H,15,16)/t6-/m1/s1. The van der Waals surface area contributed by atoms with Crippen LogP contribution in [-0.2, 0) is 9.53 Å². The number of thiazole rings is 1. The molecule has 0 fully saturated rings. The molecule has 0 saturated heterocycles. The lowest BCUT2D eigenvalue weighted by molar-refractivity contribution is -0.137. The van der Waals surface area contributed by atoms with E-state index in [1.807, 2.05) is 0 Å². The van der Waals surface area contributed by atoms with Crippen LogP contribution >= 0.6 is 27.3 Å². The van der Waals surface area contributed by atoms with Gasteiger partial charge >= 0.3 is 12.1 Å². The van der Waals surface area contributed by atoms with Gasteiger partial charge in [0.25, 0.3) is 0 Å². The molecule has 8 heteroatoms. The Morgan fingerprint density at radius 3 is 2.63 bits per heavy atom. The highest BCUT2D eigenvalue weighted by atomic mass is 79.9. The quantitative estimate of drug-likeness (QED) is 0.871.